The van der Waals surface area contributed by atoms with Crippen molar-refractivity contribution in [1.82, 2.24) is 0 Å². The molecule has 0 saturated heterocycles. The van der Waals surface area contributed by atoms with Gasteiger partial charge in [-0.1, -0.05) is 80.0 Å². The second kappa shape index (κ2) is 12.5. The highest BCUT2D eigenvalue weighted by Crippen LogP contribution is 2.43. The van der Waals surface area contributed by atoms with Gasteiger partial charge in [-0.2, -0.15) is 0 Å². The number of carbonyl (C=O) groups excluding carboxylic acids is 1. The summed E-state index contributed by atoms with van der Waals surface area (Å²) < 4.78 is 0. The van der Waals surface area contributed by atoms with E-state index >= 15 is 0 Å². The van der Waals surface area contributed by atoms with Crippen molar-refractivity contribution < 1.29 is 14.7 Å². The van der Waals surface area contributed by atoms with E-state index in [2.05, 4.69) is 37.4 Å². The number of nitrogens with one attached hydrogen (secondary N) is 1. The molecule has 4 nitrogen and oxygen atoms in total. The molecule has 216 valence electrons. The van der Waals surface area contributed by atoms with Crippen molar-refractivity contribution in [1.29, 1.82) is 0 Å². The molecular weight excluding hydrogens is 542 g/mol. The third-order valence-electron chi connectivity index (χ3n) is 8.73. The number of carbonyl (C=O) groups is 2. The number of rotatable bonds is 8. The number of halogens is 1. The Labute approximate surface area is 253 Å². The summed E-state index contributed by atoms with van der Waals surface area (Å²) in [5, 5.41) is 13.2. The summed E-state index contributed by atoms with van der Waals surface area (Å²) in [5.74, 6) is -0.981. The van der Waals surface area contributed by atoms with Crippen LogP contribution in [0.2, 0.25) is 5.02 Å². The molecule has 1 aliphatic rings. The summed E-state index contributed by atoms with van der Waals surface area (Å²) >= 11 is 6.14. The average molecular weight is 580 g/mol. The summed E-state index contributed by atoms with van der Waals surface area (Å²) in [5.41, 5.74) is 7.79. The molecule has 0 radical (unpaired) electrons. The van der Waals surface area contributed by atoms with Crippen LogP contribution in [0.25, 0.3) is 11.1 Å². The zero-order valence-electron chi connectivity index (χ0n) is 24.5. The minimum Gasteiger partial charge on any atom is -0.478 e. The topological polar surface area (TPSA) is 66.4 Å². The molecule has 5 heteroatoms. The minimum absolute atomic E-state index is 0.0883. The maximum Gasteiger partial charge on any atom is 0.335 e. The normalized spacial score (nSPS) is 15.6. The van der Waals surface area contributed by atoms with Gasteiger partial charge in [0.25, 0.3) is 0 Å². The molecule has 5 rings (SSSR count). The standard InChI is InChI=1S/C37H38ClNO3/c1-24-21-31(38)13-16-33(24)27-11-14-32(15-12-27)39-35(40)34(22-25-7-9-28(10-8-25)36(41)42)30-6-4-5-29(23-30)26-17-19-37(2,3)20-18-26/h4-16,21,23,26,34H,17-20,22H2,1-3H3,(H,39,40)(H,41,42). The minimum atomic E-state index is -0.962. The van der Waals surface area contributed by atoms with Crippen LogP contribution >= 0.6 is 11.6 Å². The van der Waals surface area contributed by atoms with Crippen molar-refractivity contribution in [3.05, 3.63) is 124 Å². The molecule has 42 heavy (non-hydrogen) atoms. The van der Waals surface area contributed by atoms with E-state index in [1.54, 1.807) is 24.3 Å². The van der Waals surface area contributed by atoms with Crippen LogP contribution in [-0.2, 0) is 11.2 Å². The molecule has 0 spiro atoms. The van der Waals surface area contributed by atoms with Crippen molar-refractivity contribution in [3.8, 4) is 11.1 Å². The van der Waals surface area contributed by atoms with E-state index in [0.717, 1.165) is 46.3 Å². The van der Waals surface area contributed by atoms with E-state index in [4.69, 9.17) is 11.6 Å². The van der Waals surface area contributed by atoms with E-state index in [0.29, 0.717) is 22.8 Å². The fourth-order valence-electron chi connectivity index (χ4n) is 6.06. The lowest BCUT2D eigenvalue weighted by Gasteiger charge is -2.34. The molecular formula is C37H38ClNO3. The highest BCUT2D eigenvalue weighted by Gasteiger charge is 2.29. The number of hydrogen-bond donors (Lipinski definition) is 2. The molecule has 0 bridgehead atoms. The van der Waals surface area contributed by atoms with Crippen molar-refractivity contribution in [2.45, 2.75) is 64.7 Å². The summed E-state index contributed by atoms with van der Waals surface area (Å²) in [7, 11) is 0. The van der Waals surface area contributed by atoms with Crippen LogP contribution in [0, 0.1) is 12.3 Å². The van der Waals surface area contributed by atoms with Gasteiger partial charge in [0.1, 0.15) is 0 Å². The van der Waals surface area contributed by atoms with Gasteiger partial charge in [-0.25, -0.2) is 4.79 Å². The fourth-order valence-corrected chi connectivity index (χ4v) is 6.28. The number of carboxylic acid groups (broad SMARTS) is 1. The Morgan fingerprint density at radius 1 is 0.929 bits per heavy atom. The first-order chi connectivity index (χ1) is 20.1. The largest absolute Gasteiger partial charge is 0.478 e. The van der Waals surface area contributed by atoms with E-state index in [1.165, 1.54) is 18.4 Å². The number of aromatic carboxylic acids is 1. The Kier molecular flexibility index (Phi) is 8.84. The number of amides is 1. The molecule has 1 saturated carbocycles. The molecule has 0 aliphatic heterocycles. The average Bonchev–Trinajstić information content (AvgIpc) is 2.97. The van der Waals surface area contributed by atoms with Crippen LogP contribution in [0.5, 0.6) is 0 Å². The number of carboxylic acids is 1. The van der Waals surface area contributed by atoms with Gasteiger partial charge in [-0.05, 0) is 120 Å². The molecule has 1 amide bonds. The van der Waals surface area contributed by atoms with Gasteiger partial charge in [0.05, 0.1) is 11.5 Å². The Hall–Kier alpha value is -3.89. The number of aryl methyl sites for hydroxylation is 1. The fraction of sp³-hybridized carbons (Fsp3) is 0.297. The number of benzene rings is 4. The van der Waals surface area contributed by atoms with Gasteiger partial charge >= 0.3 is 5.97 Å². The van der Waals surface area contributed by atoms with E-state index in [1.807, 2.05) is 55.5 Å². The predicted octanol–water partition coefficient (Wildman–Crippen LogP) is 9.66. The summed E-state index contributed by atoms with van der Waals surface area (Å²) in [6.07, 6.45) is 5.18. The molecule has 4 aromatic rings. The van der Waals surface area contributed by atoms with Crippen LogP contribution in [0.3, 0.4) is 0 Å². The molecule has 1 unspecified atom stereocenters. The zero-order chi connectivity index (χ0) is 29.9. The molecule has 2 N–H and O–H groups in total. The van der Waals surface area contributed by atoms with Gasteiger partial charge in [-0.3, -0.25) is 4.79 Å². The smallest absolute Gasteiger partial charge is 0.335 e. The first kappa shape index (κ1) is 29.6. The van der Waals surface area contributed by atoms with Crippen molar-refractivity contribution in [3.63, 3.8) is 0 Å². The van der Waals surface area contributed by atoms with Crippen LogP contribution in [0.15, 0.2) is 91.0 Å². The van der Waals surface area contributed by atoms with E-state index in [-0.39, 0.29) is 11.5 Å². The molecule has 1 fully saturated rings. The predicted molar refractivity (Wildman–Crippen MR) is 172 cm³/mol. The van der Waals surface area contributed by atoms with Crippen LogP contribution in [0.4, 0.5) is 5.69 Å². The van der Waals surface area contributed by atoms with Crippen molar-refractivity contribution >= 4 is 29.2 Å². The lowest BCUT2D eigenvalue weighted by molar-refractivity contribution is -0.117. The Morgan fingerprint density at radius 3 is 2.26 bits per heavy atom. The van der Waals surface area contributed by atoms with Crippen LogP contribution in [0.1, 0.15) is 84.0 Å². The number of hydrogen-bond acceptors (Lipinski definition) is 2. The maximum atomic E-state index is 13.9. The first-order valence-electron chi connectivity index (χ1n) is 14.7. The monoisotopic (exact) mass is 579 g/mol. The molecule has 0 aromatic heterocycles. The Bertz CT molecular complexity index is 1560. The lowest BCUT2D eigenvalue weighted by Crippen LogP contribution is -2.24. The quantitative estimate of drug-likeness (QED) is 0.218. The third-order valence-corrected chi connectivity index (χ3v) is 8.97. The van der Waals surface area contributed by atoms with Gasteiger partial charge in [-0.15, -0.1) is 0 Å². The van der Waals surface area contributed by atoms with E-state index in [9.17, 15) is 14.7 Å². The highest BCUT2D eigenvalue weighted by molar-refractivity contribution is 6.30. The Morgan fingerprint density at radius 2 is 1.62 bits per heavy atom. The summed E-state index contributed by atoms with van der Waals surface area (Å²) in [6, 6.07) is 29.1. The second-order valence-corrected chi connectivity index (χ2v) is 12.8. The first-order valence-corrected chi connectivity index (χ1v) is 15.1. The zero-order valence-corrected chi connectivity index (χ0v) is 25.2. The molecule has 1 atom stereocenters. The second-order valence-electron chi connectivity index (χ2n) is 12.4. The summed E-state index contributed by atoms with van der Waals surface area (Å²) in [4.78, 5) is 25.3. The SMILES string of the molecule is Cc1cc(Cl)ccc1-c1ccc(NC(=O)C(Cc2ccc(C(=O)O)cc2)c2cccc(C3CCC(C)(C)CC3)c2)cc1. The van der Waals surface area contributed by atoms with Crippen LogP contribution < -0.4 is 5.32 Å². The van der Waals surface area contributed by atoms with Crippen molar-refractivity contribution in [2.75, 3.05) is 5.32 Å². The van der Waals surface area contributed by atoms with Crippen molar-refractivity contribution in [2.24, 2.45) is 5.41 Å². The van der Waals surface area contributed by atoms with Gasteiger partial charge in [0, 0.05) is 10.7 Å². The maximum absolute atomic E-state index is 13.9. The molecule has 0 heterocycles. The lowest BCUT2D eigenvalue weighted by atomic mass is 9.71. The number of anilines is 1. The summed E-state index contributed by atoms with van der Waals surface area (Å²) in [6.45, 7) is 6.73. The van der Waals surface area contributed by atoms with Crippen LogP contribution in [-0.4, -0.2) is 17.0 Å². The van der Waals surface area contributed by atoms with E-state index < -0.39 is 11.9 Å². The highest BCUT2D eigenvalue weighted by atomic mass is 35.5. The Balaban J connectivity index is 1.40. The van der Waals surface area contributed by atoms with Gasteiger partial charge < -0.3 is 10.4 Å². The third kappa shape index (κ3) is 7.11. The molecule has 4 aromatic carbocycles. The van der Waals surface area contributed by atoms with Gasteiger partial charge in [0.15, 0.2) is 0 Å². The molecule has 1 aliphatic carbocycles. The van der Waals surface area contributed by atoms with Gasteiger partial charge in [0.2, 0.25) is 5.91 Å².